The minimum absolute atomic E-state index is 0.327. The highest BCUT2D eigenvalue weighted by molar-refractivity contribution is 5.93. The summed E-state index contributed by atoms with van der Waals surface area (Å²) in [5, 5.41) is 16.4. The zero-order chi connectivity index (χ0) is 22.6. The molecule has 0 atom stereocenters. The molecule has 0 bridgehead atoms. The van der Waals surface area contributed by atoms with Gasteiger partial charge in [0, 0.05) is 18.7 Å². The number of aromatic nitrogens is 2. The lowest BCUT2D eigenvalue weighted by Crippen LogP contribution is -2.24. The molecular formula is C23H27N5O3. The lowest BCUT2D eigenvalue weighted by molar-refractivity contribution is 0.0993. The van der Waals surface area contributed by atoms with Crippen molar-refractivity contribution in [1.29, 1.82) is 5.26 Å². The molecular weight excluding hydrogens is 394 g/mol. The van der Waals surface area contributed by atoms with Crippen LogP contribution in [0.25, 0.3) is 11.4 Å². The molecule has 3 heterocycles. The average Bonchev–Trinajstić information content (AvgIpc) is 3.33. The zero-order valence-electron chi connectivity index (χ0n) is 17.9. The number of aliphatic hydroxyl groups is 1. The van der Waals surface area contributed by atoms with Crippen molar-refractivity contribution in [1.82, 2.24) is 14.5 Å². The van der Waals surface area contributed by atoms with Gasteiger partial charge in [0.05, 0.1) is 17.8 Å². The summed E-state index contributed by atoms with van der Waals surface area (Å²) in [6.07, 6.45) is 2.34. The molecule has 0 saturated carbocycles. The monoisotopic (exact) mass is 421 g/mol. The van der Waals surface area contributed by atoms with E-state index in [9.17, 15) is 9.90 Å². The van der Waals surface area contributed by atoms with Crippen LogP contribution >= 0.6 is 0 Å². The lowest BCUT2D eigenvalue weighted by atomic mass is 10.1. The highest BCUT2D eigenvalue weighted by Crippen LogP contribution is 2.34. The van der Waals surface area contributed by atoms with Crippen LogP contribution in [-0.2, 0) is 13.1 Å². The second-order valence-electron chi connectivity index (χ2n) is 8.10. The van der Waals surface area contributed by atoms with Crippen LogP contribution < -0.4 is 10.5 Å². The Bertz CT molecular complexity index is 1050. The van der Waals surface area contributed by atoms with Gasteiger partial charge < -0.3 is 20.1 Å². The number of rotatable bonds is 3. The number of nitrogens with zero attached hydrogens (tertiary/aromatic N) is 4. The first-order valence-corrected chi connectivity index (χ1v) is 10.2. The number of hydrogen-bond acceptors (Lipinski definition) is 6. The predicted octanol–water partition coefficient (Wildman–Crippen LogP) is 1.90. The molecule has 8 nitrogen and oxygen atoms in total. The van der Waals surface area contributed by atoms with Gasteiger partial charge in [0.1, 0.15) is 23.8 Å². The maximum absolute atomic E-state index is 12.1. The van der Waals surface area contributed by atoms with Gasteiger partial charge in [0.2, 0.25) is 0 Å². The molecule has 162 valence electrons. The summed E-state index contributed by atoms with van der Waals surface area (Å²) in [5.41, 5.74) is 7.29. The highest BCUT2D eigenvalue weighted by Gasteiger charge is 2.27. The van der Waals surface area contributed by atoms with Gasteiger partial charge in [-0.25, -0.2) is 10.2 Å². The standard InChI is InChI=1S/C22H26N4O3.CHN/c1-22(2,28)8-7-15-5-6-18-16(13-15)21-24-19(20(23)27)17(26(21)11-12-29-18)14-25-9-3-4-10-25;1-2/h5-6,13,28H,3-4,9-12,14H2,1-2H3,(H2,23,27);1H. The molecule has 1 amide bonds. The number of imidazole rings is 1. The van der Waals surface area contributed by atoms with Crippen LogP contribution in [0.2, 0.25) is 0 Å². The topological polar surface area (TPSA) is 117 Å². The third-order valence-electron chi connectivity index (χ3n) is 5.18. The minimum atomic E-state index is -1.08. The Morgan fingerprint density at radius 3 is 2.68 bits per heavy atom. The molecule has 8 heteroatoms. The van der Waals surface area contributed by atoms with E-state index in [1.54, 1.807) is 13.8 Å². The Morgan fingerprint density at radius 2 is 2.03 bits per heavy atom. The van der Waals surface area contributed by atoms with E-state index in [2.05, 4.69) is 32.9 Å². The van der Waals surface area contributed by atoms with E-state index in [1.807, 2.05) is 18.2 Å². The Kier molecular flexibility index (Phi) is 6.65. The Hall–Kier alpha value is -3.33. The van der Waals surface area contributed by atoms with Gasteiger partial charge in [0.15, 0.2) is 5.69 Å². The van der Waals surface area contributed by atoms with Crippen molar-refractivity contribution in [3.05, 3.63) is 35.2 Å². The summed E-state index contributed by atoms with van der Waals surface area (Å²) in [5.74, 6) is 6.68. The molecule has 4 rings (SSSR count). The molecule has 0 radical (unpaired) electrons. The van der Waals surface area contributed by atoms with Crippen molar-refractivity contribution in [2.24, 2.45) is 5.73 Å². The summed E-state index contributed by atoms with van der Waals surface area (Å²) < 4.78 is 7.98. The molecule has 2 aliphatic heterocycles. The first kappa shape index (κ1) is 22.4. The second kappa shape index (κ2) is 9.22. The number of likely N-dealkylation sites (tertiary alicyclic amines) is 1. The van der Waals surface area contributed by atoms with Crippen molar-refractivity contribution in [2.45, 2.75) is 45.4 Å². The van der Waals surface area contributed by atoms with Gasteiger partial charge in [-0.05, 0) is 58.0 Å². The molecule has 1 fully saturated rings. The van der Waals surface area contributed by atoms with Gasteiger partial charge in [0.25, 0.3) is 5.91 Å². The number of primary amides is 1. The quantitative estimate of drug-likeness (QED) is 0.731. The first-order chi connectivity index (χ1) is 14.8. The van der Waals surface area contributed by atoms with Crippen molar-refractivity contribution in [3.8, 4) is 35.6 Å². The third kappa shape index (κ3) is 5.05. The van der Waals surface area contributed by atoms with Gasteiger partial charge in [-0.1, -0.05) is 11.8 Å². The van der Waals surface area contributed by atoms with Gasteiger partial charge in [-0.15, -0.1) is 0 Å². The molecule has 0 unspecified atom stereocenters. The van der Waals surface area contributed by atoms with Crippen LogP contribution in [0, 0.1) is 23.7 Å². The minimum Gasteiger partial charge on any atom is -0.491 e. The van der Waals surface area contributed by atoms with Crippen molar-refractivity contribution < 1.29 is 14.6 Å². The summed E-state index contributed by atoms with van der Waals surface area (Å²) in [4.78, 5) is 19.1. The molecule has 2 aromatic rings. The molecule has 31 heavy (non-hydrogen) atoms. The van der Waals surface area contributed by atoms with E-state index < -0.39 is 11.5 Å². The number of benzene rings is 1. The van der Waals surface area contributed by atoms with E-state index in [0.29, 0.717) is 37.0 Å². The van der Waals surface area contributed by atoms with E-state index in [0.717, 1.165) is 29.9 Å². The summed E-state index contributed by atoms with van der Waals surface area (Å²) in [6.45, 7) is 10.5. The van der Waals surface area contributed by atoms with Crippen LogP contribution in [0.4, 0.5) is 0 Å². The van der Waals surface area contributed by atoms with Crippen LogP contribution in [-0.4, -0.2) is 50.8 Å². The smallest absolute Gasteiger partial charge is 0.269 e. The molecule has 0 aliphatic carbocycles. The summed E-state index contributed by atoms with van der Waals surface area (Å²) in [6, 6.07) is 5.61. The van der Waals surface area contributed by atoms with Crippen molar-refractivity contribution >= 4 is 5.91 Å². The van der Waals surface area contributed by atoms with Gasteiger partial charge >= 0.3 is 0 Å². The second-order valence-corrected chi connectivity index (χ2v) is 8.10. The Labute approximate surface area is 182 Å². The SMILES string of the molecule is C#N.CC(C)(O)C#Cc1ccc2c(c1)-c1nc(C(N)=O)c(CN3CCCC3)n1CCO2. The molecule has 2 aliphatic rings. The number of ether oxygens (including phenoxy) is 1. The number of amides is 1. The van der Waals surface area contributed by atoms with Crippen LogP contribution in [0.5, 0.6) is 5.75 Å². The van der Waals surface area contributed by atoms with E-state index in [-0.39, 0.29) is 0 Å². The summed E-state index contributed by atoms with van der Waals surface area (Å²) in [7, 11) is 0. The molecule has 0 spiro atoms. The number of fused-ring (bicyclic) bond motifs is 3. The average molecular weight is 422 g/mol. The fraction of sp³-hybridized carbons (Fsp3) is 0.435. The lowest BCUT2D eigenvalue weighted by Gasteiger charge is -2.17. The molecule has 1 aromatic carbocycles. The molecule has 1 aromatic heterocycles. The van der Waals surface area contributed by atoms with Crippen molar-refractivity contribution in [3.63, 3.8) is 0 Å². The number of nitrogens with two attached hydrogens (primary N) is 1. The number of hydrogen-bond donors (Lipinski definition) is 2. The number of carbonyl (C=O) groups excluding carboxylic acids is 1. The maximum Gasteiger partial charge on any atom is 0.269 e. The van der Waals surface area contributed by atoms with E-state index in [1.165, 1.54) is 12.8 Å². The summed E-state index contributed by atoms with van der Waals surface area (Å²) >= 11 is 0. The normalized spacial score (nSPS) is 15.3. The third-order valence-corrected chi connectivity index (χ3v) is 5.18. The zero-order valence-corrected chi connectivity index (χ0v) is 17.9. The highest BCUT2D eigenvalue weighted by atomic mass is 16.5. The Balaban J connectivity index is 0.00000132. The van der Waals surface area contributed by atoms with Crippen LogP contribution in [0.1, 0.15) is 48.4 Å². The Morgan fingerprint density at radius 1 is 1.32 bits per heavy atom. The van der Waals surface area contributed by atoms with Crippen LogP contribution in [0.15, 0.2) is 18.2 Å². The largest absolute Gasteiger partial charge is 0.491 e. The first-order valence-electron chi connectivity index (χ1n) is 10.2. The number of carbonyl (C=O) groups is 1. The van der Waals surface area contributed by atoms with Crippen LogP contribution in [0.3, 0.4) is 0 Å². The maximum atomic E-state index is 12.1. The van der Waals surface area contributed by atoms with E-state index in [4.69, 9.17) is 15.7 Å². The molecule has 1 saturated heterocycles. The fourth-order valence-electron chi connectivity index (χ4n) is 3.82. The van der Waals surface area contributed by atoms with Gasteiger partial charge in [-0.3, -0.25) is 9.69 Å². The van der Waals surface area contributed by atoms with Gasteiger partial charge in [-0.2, -0.15) is 0 Å². The fourth-order valence-corrected chi connectivity index (χ4v) is 3.82. The van der Waals surface area contributed by atoms with E-state index >= 15 is 0 Å². The predicted molar refractivity (Wildman–Crippen MR) is 116 cm³/mol. The molecule has 3 N–H and O–H groups in total. The van der Waals surface area contributed by atoms with Crippen molar-refractivity contribution in [2.75, 3.05) is 19.7 Å². The number of nitriles is 1.